The van der Waals surface area contributed by atoms with E-state index in [1.54, 1.807) is 0 Å². The fourth-order valence-electron chi connectivity index (χ4n) is 9.76. The number of hydrogen-bond donors (Lipinski definition) is 2. The molecule has 326 valence electrons. The lowest BCUT2D eigenvalue weighted by Crippen LogP contribution is -2.13. The molecule has 61 heavy (non-hydrogen) atoms. The summed E-state index contributed by atoms with van der Waals surface area (Å²) in [4.78, 5) is 58.2. The zero-order valence-corrected chi connectivity index (χ0v) is 38.7. The van der Waals surface area contributed by atoms with E-state index in [1.807, 2.05) is 44.2 Å². The number of rotatable bonds is 19. The average molecular weight is 827 g/mol. The number of aryl methyl sites for hydroxylation is 1. The van der Waals surface area contributed by atoms with Gasteiger partial charge in [-0.25, -0.2) is 9.97 Å². The van der Waals surface area contributed by atoms with Crippen molar-refractivity contribution in [1.82, 2.24) is 19.9 Å². The summed E-state index contributed by atoms with van der Waals surface area (Å²) in [5.41, 5.74) is 12.9. The lowest BCUT2D eigenvalue weighted by Gasteiger charge is -2.17. The van der Waals surface area contributed by atoms with Crippen LogP contribution in [0.4, 0.5) is 0 Å². The van der Waals surface area contributed by atoms with Gasteiger partial charge >= 0.3 is 5.97 Å². The average Bonchev–Trinajstić information content (AvgIpc) is 3.94. The number of hydrogen-bond acceptors (Lipinski definition) is 6. The van der Waals surface area contributed by atoms with Crippen LogP contribution in [0, 0.1) is 24.7 Å². The van der Waals surface area contributed by atoms with Gasteiger partial charge in [-0.2, -0.15) is 0 Å². The molecule has 0 unspecified atom stereocenters. The number of H-pyrrole nitrogens is 2. The van der Waals surface area contributed by atoms with Gasteiger partial charge in [-0.1, -0.05) is 105 Å². The van der Waals surface area contributed by atoms with Gasteiger partial charge in [0.25, 0.3) is 0 Å². The molecule has 3 aliphatic heterocycles. The first-order valence-electron chi connectivity index (χ1n) is 23.1. The van der Waals surface area contributed by atoms with Crippen molar-refractivity contribution in [3.8, 4) is 0 Å². The third-order valence-corrected chi connectivity index (χ3v) is 13.8. The summed E-state index contributed by atoms with van der Waals surface area (Å²) >= 11 is 0. The van der Waals surface area contributed by atoms with Crippen LogP contribution in [0.15, 0.2) is 42.5 Å². The van der Waals surface area contributed by atoms with Crippen molar-refractivity contribution in [3.63, 3.8) is 0 Å². The molecule has 2 aromatic rings. The molecule has 0 saturated heterocycles. The number of carbonyl (C=O) groups is 3. The minimum absolute atomic E-state index is 0.105. The second kappa shape index (κ2) is 19.9. The lowest BCUT2D eigenvalue weighted by atomic mass is 9.85. The van der Waals surface area contributed by atoms with Crippen LogP contribution in [0.25, 0.3) is 33.3 Å². The van der Waals surface area contributed by atoms with Crippen molar-refractivity contribution in [2.45, 2.75) is 158 Å². The van der Waals surface area contributed by atoms with Crippen LogP contribution in [0.3, 0.4) is 0 Å². The van der Waals surface area contributed by atoms with Gasteiger partial charge < -0.3 is 14.7 Å². The van der Waals surface area contributed by atoms with Gasteiger partial charge in [-0.15, -0.1) is 0 Å². The molecule has 0 fully saturated rings. The van der Waals surface area contributed by atoms with Crippen molar-refractivity contribution < 1.29 is 19.1 Å². The maximum absolute atomic E-state index is 13.9. The second-order valence-electron chi connectivity index (χ2n) is 18.9. The highest BCUT2D eigenvalue weighted by atomic mass is 16.5. The Bertz CT molecular complexity index is 2350. The van der Waals surface area contributed by atoms with E-state index in [9.17, 15) is 14.4 Å². The molecule has 1 aliphatic carbocycles. The van der Waals surface area contributed by atoms with Crippen molar-refractivity contribution in [2.24, 2.45) is 17.8 Å². The first kappa shape index (κ1) is 45.7. The number of esters is 1. The van der Waals surface area contributed by atoms with Gasteiger partial charge in [0.2, 0.25) is 11.6 Å². The summed E-state index contributed by atoms with van der Waals surface area (Å²) in [5.74, 6) is 0.666. The number of nitrogens with zero attached hydrogens (tertiary/aromatic N) is 2. The Balaban J connectivity index is 1.18. The van der Waals surface area contributed by atoms with E-state index in [-0.39, 0.29) is 30.8 Å². The van der Waals surface area contributed by atoms with E-state index < -0.39 is 11.6 Å². The Morgan fingerprint density at radius 1 is 0.820 bits per heavy atom. The van der Waals surface area contributed by atoms with Gasteiger partial charge in [-0.3, -0.25) is 14.4 Å². The number of ketones is 2. The van der Waals surface area contributed by atoms with E-state index in [4.69, 9.17) is 14.7 Å². The predicted molar refractivity (Wildman–Crippen MR) is 251 cm³/mol. The summed E-state index contributed by atoms with van der Waals surface area (Å²) < 4.78 is 5.75. The quantitative estimate of drug-likeness (QED) is 0.0827. The molecule has 0 amide bonds. The molecular formula is C53H70N4O4. The monoisotopic (exact) mass is 827 g/mol. The first-order valence-corrected chi connectivity index (χ1v) is 23.1. The number of ether oxygens (including phenoxy) is 1. The third-order valence-electron chi connectivity index (χ3n) is 13.8. The van der Waals surface area contributed by atoms with Crippen LogP contribution in [-0.4, -0.2) is 44.1 Å². The minimum Gasteiger partial charge on any atom is -0.461 e. The predicted octanol–water partition coefficient (Wildman–Crippen LogP) is 13.8. The van der Waals surface area contributed by atoms with Gasteiger partial charge in [-0.05, 0) is 118 Å². The Labute approximate surface area is 364 Å². The Morgan fingerprint density at radius 2 is 1.46 bits per heavy atom. The van der Waals surface area contributed by atoms with Gasteiger partial charge in [0, 0.05) is 40.7 Å². The van der Waals surface area contributed by atoms with Crippen molar-refractivity contribution >= 4 is 50.9 Å². The molecule has 4 atom stereocenters. The van der Waals surface area contributed by atoms with Crippen molar-refractivity contribution in [3.05, 3.63) is 93.4 Å². The maximum atomic E-state index is 13.9. The molecule has 2 aromatic heterocycles. The highest BCUT2D eigenvalue weighted by molar-refractivity contribution is 6.56. The topological polar surface area (TPSA) is 118 Å². The number of nitrogens with one attached hydrogen (secondary N) is 2. The number of aromatic nitrogens is 4. The first-order chi connectivity index (χ1) is 29.1. The second-order valence-corrected chi connectivity index (χ2v) is 18.9. The molecule has 0 saturated carbocycles. The molecule has 2 N–H and O–H groups in total. The van der Waals surface area contributed by atoms with Gasteiger partial charge in [0.05, 0.1) is 39.4 Å². The molecule has 0 aromatic carbocycles. The molecule has 5 heterocycles. The van der Waals surface area contributed by atoms with E-state index in [2.05, 4.69) is 71.9 Å². The highest BCUT2D eigenvalue weighted by Gasteiger charge is 2.40. The maximum Gasteiger partial charge on any atom is 0.306 e. The van der Waals surface area contributed by atoms with Crippen LogP contribution in [0.5, 0.6) is 0 Å². The molecule has 6 rings (SSSR count). The number of allylic oxidation sites excluding steroid dienone is 6. The zero-order chi connectivity index (χ0) is 44.1. The number of carbonyl (C=O) groups excluding carboxylic acids is 3. The molecule has 8 heteroatoms. The highest BCUT2D eigenvalue weighted by Crippen LogP contribution is 2.45. The fraction of sp³-hybridized carbons (Fsp3) is 0.528. The van der Waals surface area contributed by atoms with Crippen LogP contribution in [-0.2, 0) is 9.53 Å². The fourth-order valence-corrected chi connectivity index (χ4v) is 9.76. The van der Waals surface area contributed by atoms with E-state index in [0.717, 1.165) is 98.9 Å². The van der Waals surface area contributed by atoms with Crippen LogP contribution in [0.1, 0.15) is 212 Å². The van der Waals surface area contributed by atoms with Crippen LogP contribution < -0.4 is 0 Å². The molecule has 0 radical (unpaired) electrons. The molecule has 8 nitrogen and oxygen atoms in total. The molecule has 0 spiro atoms. The van der Waals surface area contributed by atoms with Crippen molar-refractivity contribution in [1.29, 1.82) is 0 Å². The SMILES string of the molecule is C=CC1=C(C)c2cc3[nH]c(c4c5[nH]c(cc6nc(cc1n2)C(C)=C6CC)c(C)c5C(=O)C4=O)[C@@H](CCC(=O)OC/C=C(\C)CCC[C@H](C)CCC[C@H](C)CCCC(C)C)[C@@H]3C. The minimum atomic E-state index is -0.537. The molecule has 4 aliphatic rings. The van der Waals surface area contributed by atoms with Gasteiger partial charge in [0.15, 0.2) is 0 Å². The number of fused-ring (bicyclic) bond motifs is 8. The third kappa shape index (κ3) is 10.1. The van der Waals surface area contributed by atoms with Crippen molar-refractivity contribution in [2.75, 3.05) is 6.61 Å². The summed E-state index contributed by atoms with van der Waals surface area (Å²) in [7, 11) is 0. The van der Waals surface area contributed by atoms with Crippen LogP contribution >= 0.6 is 0 Å². The van der Waals surface area contributed by atoms with E-state index in [1.165, 1.54) is 50.5 Å². The van der Waals surface area contributed by atoms with E-state index >= 15 is 0 Å². The normalized spacial score (nSPS) is 18.0. The summed E-state index contributed by atoms with van der Waals surface area (Å²) in [6.07, 6.45) is 16.6. The zero-order valence-electron chi connectivity index (χ0n) is 38.7. The molecule has 8 bridgehead atoms. The smallest absolute Gasteiger partial charge is 0.306 e. The number of aromatic amines is 2. The summed E-state index contributed by atoms with van der Waals surface area (Å²) in [6, 6.07) is 6.06. The van der Waals surface area contributed by atoms with Gasteiger partial charge in [0.1, 0.15) is 6.61 Å². The Morgan fingerprint density at radius 3 is 2.13 bits per heavy atom. The lowest BCUT2D eigenvalue weighted by molar-refractivity contribution is -0.142. The number of Topliss-reactive ketones (excluding diaryl/α,β-unsaturated/α-hetero) is 2. The molecular weight excluding hydrogens is 757 g/mol. The van der Waals surface area contributed by atoms with Crippen LogP contribution in [0.2, 0.25) is 0 Å². The largest absolute Gasteiger partial charge is 0.461 e. The Kier molecular flexibility index (Phi) is 14.9. The Hall–Kier alpha value is -4.85. The van der Waals surface area contributed by atoms with E-state index in [0.29, 0.717) is 28.8 Å². The summed E-state index contributed by atoms with van der Waals surface area (Å²) in [5, 5.41) is 0. The summed E-state index contributed by atoms with van der Waals surface area (Å²) in [6.45, 7) is 26.1. The standard InChI is InChI=1S/C53H70N4O4/c1-12-38-34(8)41-27-43-36(10)40(23-24-47(58)61-26-25-33(7)22-16-21-32(6)20-15-19-31(5)18-14-17-30(3)4)50(56-43)49-51-48(52(59)53(49)60)37(11)44(57-51)29-46-39(13-2)35(9)42(55-46)28-45(38)54-41/h12,25,27-32,36,40,56-57H,1,13-24,26H2,2-11H3/b33-25+,43-27?,45-28?,46-29?,50-49?/t31-,32-,36+,40+/m1/s1.